The van der Waals surface area contributed by atoms with Gasteiger partial charge in [-0.1, -0.05) is 12.1 Å². The highest BCUT2D eigenvalue weighted by molar-refractivity contribution is 7.92. The summed E-state index contributed by atoms with van der Waals surface area (Å²) in [6.45, 7) is 6.04. The lowest BCUT2D eigenvalue weighted by Gasteiger charge is -2.28. The van der Waals surface area contributed by atoms with Gasteiger partial charge in [-0.05, 0) is 92.6 Å². The van der Waals surface area contributed by atoms with Crippen LogP contribution in [-0.2, 0) is 10.0 Å². The molecule has 10 heteroatoms. The molecule has 2 atom stereocenters. The molecule has 0 aliphatic carbocycles. The van der Waals surface area contributed by atoms with E-state index >= 15 is 0 Å². The Labute approximate surface area is 222 Å². The highest BCUT2D eigenvalue weighted by Gasteiger charge is 2.42. The molecule has 4 aromatic rings. The van der Waals surface area contributed by atoms with E-state index in [9.17, 15) is 8.42 Å². The van der Waals surface area contributed by atoms with Crippen molar-refractivity contribution in [3.05, 3.63) is 101 Å². The number of nitrogens with zero attached hydrogens (tertiary/aromatic N) is 4. The van der Waals surface area contributed by atoms with Crippen molar-refractivity contribution in [3.63, 3.8) is 0 Å². The Morgan fingerprint density at radius 1 is 0.973 bits per heavy atom. The second-order valence-corrected chi connectivity index (χ2v) is 11.4. The summed E-state index contributed by atoms with van der Waals surface area (Å²) in [7, 11) is -3.39. The summed E-state index contributed by atoms with van der Waals surface area (Å²) in [6.07, 6.45) is 4.72. The van der Waals surface area contributed by atoms with Crippen molar-refractivity contribution in [1.29, 1.82) is 0 Å². The quantitative estimate of drug-likeness (QED) is 0.347. The SMILES string of the molecule is Cc1cc(N2C(=S)N[C@@H](c3ccccn3)[C@@H]2c2cc(C)n(-c3ccccn3)c2C)ccc1NS(C)(=O)=O. The summed E-state index contributed by atoms with van der Waals surface area (Å²) in [5, 5.41) is 4.07. The molecular weight excluding hydrogens is 504 g/mol. The second-order valence-electron chi connectivity index (χ2n) is 9.22. The van der Waals surface area contributed by atoms with Crippen molar-refractivity contribution in [2.24, 2.45) is 0 Å². The Hall–Kier alpha value is -3.76. The number of anilines is 2. The maximum atomic E-state index is 11.8. The third kappa shape index (κ3) is 4.82. The first kappa shape index (κ1) is 24.9. The van der Waals surface area contributed by atoms with Crippen LogP contribution in [0.5, 0.6) is 0 Å². The molecule has 0 unspecified atom stereocenters. The summed E-state index contributed by atoms with van der Waals surface area (Å²) in [4.78, 5) is 11.3. The molecule has 0 radical (unpaired) electrons. The number of benzene rings is 1. The first-order valence-corrected chi connectivity index (χ1v) is 14.1. The lowest BCUT2D eigenvalue weighted by Crippen LogP contribution is -2.29. The molecule has 1 aromatic carbocycles. The van der Waals surface area contributed by atoms with Gasteiger partial charge in [0.25, 0.3) is 0 Å². The van der Waals surface area contributed by atoms with Gasteiger partial charge < -0.3 is 14.8 Å². The first-order valence-electron chi connectivity index (χ1n) is 11.8. The standard InChI is InChI=1S/C27H28N6O2S2/c1-17-15-20(11-12-22(17)31-37(4,34)35)33-26(25(30-27(33)36)23-9-5-7-13-28-23)21-16-18(2)32(19(21)3)24-10-6-8-14-29-24/h5-16,25-26,31H,1-4H3,(H,30,36)/t25-,26-/m0/s1. The fourth-order valence-corrected chi connectivity index (χ4v) is 5.96. The van der Waals surface area contributed by atoms with Gasteiger partial charge in [0.05, 0.1) is 29.7 Å². The van der Waals surface area contributed by atoms with Crippen LogP contribution in [0.4, 0.5) is 11.4 Å². The highest BCUT2D eigenvalue weighted by atomic mass is 32.2. The van der Waals surface area contributed by atoms with Crippen LogP contribution >= 0.6 is 12.2 Å². The zero-order chi connectivity index (χ0) is 26.3. The number of aryl methyl sites for hydroxylation is 2. The molecule has 0 bridgehead atoms. The zero-order valence-corrected chi connectivity index (χ0v) is 22.6. The van der Waals surface area contributed by atoms with Gasteiger partial charge in [0.2, 0.25) is 10.0 Å². The minimum Gasteiger partial charge on any atom is -0.351 e. The van der Waals surface area contributed by atoms with Crippen molar-refractivity contribution >= 4 is 38.7 Å². The fourth-order valence-electron chi connectivity index (χ4n) is 4.99. The Morgan fingerprint density at radius 2 is 1.70 bits per heavy atom. The van der Waals surface area contributed by atoms with Crippen LogP contribution in [0.1, 0.15) is 40.3 Å². The summed E-state index contributed by atoms with van der Waals surface area (Å²) in [6, 6.07) is 19.1. The zero-order valence-electron chi connectivity index (χ0n) is 21.0. The molecule has 5 rings (SSSR count). The van der Waals surface area contributed by atoms with Gasteiger partial charge in [-0.15, -0.1) is 0 Å². The van der Waals surface area contributed by atoms with Crippen LogP contribution in [0, 0.1) is 20.8 Å². The second kappa shape index (κ2) is 9.60. The number of pyridine rings is 2. The van der Waals surface area contributed by atoms with Crippen LogP contribution in [0.15, 0.2) is 73.1 Å². The van der Waals surface area contributed by atoms with Crippen LogP contribution < -0.4 is 14.9 Å². The number of hydrogen-bond acceptors (Lipinski definition) is 5. The Kier molecular flexibility index (Phi) is 6.47. The van der Waals surface area contributed by atoms with Gasteiger partial charge in [-0.3, -0.25) is 9.71 Å². The van der Waals surface area contributed by atoms with E-state index in [0.29, 0.717) is 10.8 Å². The topological polar surface area (TPSA) is 92.2 Å². The van der Waals surface area contributed by atoms with E-state index in [1.807, 2.05) is 55.5 Å². The molecule has 1 fully saturated rings. The van der Waals surface area contributed by atoms with E-state index in [2.05, 4.69) is 49.4 Å². The minimum atomic E-state index is -3.39. The third-order valence-electron chi connectivity index (χ3n) is 6.55. The summed E-state index contributed by atoms with van der Waals surface area (Å²) in [5.74, 6) is 0.852. The summed E-state index contributed by atoms with van der Waals surface area (Å²) in [5.41, 5.74) is 6.30. The molecule has 1 saturated heterocycles. The molecule has 3 aromatic heterocycles. The van der Waals surface area contributed by atoms with E-state index in [1.54, 1.807) is 18.5 Å². The molecule has 190 valence electrons. The lowest BCUT2D eigenvalue weighted by molar-refractivity contribution is 0.565. The van der Waals surface area contributed by atoms with Crippen LogP contribution in [0.25, 0.3) is 5.82 Å². The molecule has 1 aliphatic rings. The third-order valence-corrected chi connectivity index (χ3v) is 7.45. The van der Waals surface area contributed by atoms with Gasteiger partial charge in [-0.2, -0.15) is 0 Å². The molecule has 2 N–H and O–H groups in total. The van der Waals surface area contributed by atoms with E-state index in [4.69, 9.17) is 12.2 Å². The van der Waals surface area contributed by atoms with Gasteiger partial charge in [0, 0.05) is 29.5 Å². The molecule has 37 heavy (non-hydrogen) atoms. The average molecular weight is 533 g/mol. The predicted octanol–water partition coefficient (Wildman–Crippen LogP) is 4.74. The molecule has 1 aliphatic heterocycles. The number of nitrogens with one attached hydrogen (secondary N) is 2. The maximum absolute atomic E-state index is 11.8. The van der Waals surface area contributed by atoms with E-state index in [-0.39, 0.29) is 12.1 Å². The van der Waals surface area contributed by atoms with Gasteiger partial charge >= 0.3 is 0 Å². The Morgan fingerprint density at radius 3 is 2.32 bits per heavy atom. The smallest absolute Gasteiger partial charge is 0.229 e. The molecule has 0 spiro atoms. The fraction of sp³-hybridized carbons (Fsp3) is 0.222. The van der Waals surface area contributed by atoms with E-state index in [1.165, 1.54) is 0 Å². The molecule has 0 saturated carbocycles. The monoisotopic (exact) mass is 532 g/mol. The number of thiocarbonyl (C=S) groups is 1. The Balaban J connectivity index is 1.65. The van der Waals surface area contributed by atoms with E-state index in [0.717, 1.165) is 46.0 Å². The van der Waals surface area contributed by atoms with Crippen molar-refractivity contribution in [2.75, 3.05) is 15.9 Å². The normalized spacial score (nSPS) is 17.6. The number of aromatic nitrogens is 3. The highest BCUT2D eigenvalue weighted by Crippen LogP contribution is 2.44. The number of hydrogen-bond donors (Lipinski definition) is 2. The first-order chi connectivity index (χ1) is 17.6. The van der Waals surface area contributed by atoms with Crippen LogP contribution in [0.2, 0.25) is 0 Å². The van der Waals surface area contributed by atoms with Gasteiger partial charge in [0.1, 0.15) is 5.82 Å². The summed E-state index contributed by atoms with van der Waals surface area (Å²) >= 11 is 5.87. The van der Waals surface area contributed by atoms with E-state index < -0.39 is 10.0 Å². The predicted molar refractivity (Wildman–Crippen MR) is 151 cm³/mol. The minimum absolute atomic E-state index is 0.194. The van der Waals surface area contributed by atoms with Crippen molar-refractivity contribution in [2.45, 2.75) is 32.9 Å². The van der Waals surface area contributed by atoms with Crippen molar-refractivity contribution in [3.8, 4) is 5.82 Å². The number of sulfonamides is 1. The van der Waals surface area contributed by atoms with Crippen molar-refractivity contribution in [1.82, 2.24) is 19.9 Å². The van der Waals surface area contributed by atoms with Crippen molar-refractivity contribution < 1.29 is 8.42 Å². The number of rotatable bonds is 6. The lowest BCUT2D eigenvalue weighted by atomic mass is 9.96. The molecule has 8 nitrogen and oxygen atoms in total. The summed E-state index contributed by atoms with van der Waals surface area (Å²) < 4.78 is 28.3. The van der Waals surface area contributed by atoms with Gasteiger partial charge in [0.15, 0.2) is 5.11 Å². The largest absolute Gasteiger partial charge is 0.351 e. The molecule has 4 heterocycles. The molecule has 0 amide bonds. The van der Waals surface area contributed by atoms with Crippen LogP contribution in [-0.4, -0.2) is 34.3 Å². The van der Waals surface area contributed by atoms with Crippen LogP contribution in [0.3, 0.4) is 0 Å². The average Bonchev–Trinajstić information content (AvgIpc) is 3.35. The van der Waals surface area contributed by atoms with Gasteiger partial charge in [-0.25, -0.2) is 13.4 Å². The Bertz CT molecular complexity index is 1570. The maximum Gasteiger partial charge on any atom is 0.229 e. The molecular formula is C27H28N6O2S2.